The van der Waals surface area contributed by atoms with E-state index >= 15 is 0 Å². The first-order valence-electron chi connectivity index (χ1n) is 19.8. The molecule has 0 aliphatic heterocycles. The van der Waals surface area contributed by atoms with Crippen molar-refractivity contribution in [3.8, 4) is 55.9 Å². The van der Waals surface area contributed by atoms with Crippen LogP contribution in [0.4, 0.5) is 0 Å². The smallest absolute Gasteiger partial charge is 0.0548 e. The Morgan fingerprint density at radius 1 is 0.298 bits per heavy atom. The summed E-state index contributed by atoms with van der Waals surface area (Å²) < 4.78 is 4.94. The highest BCUT2D eigenvalue weighted by Gasteiger charge is 2.25. The maximum Gasteiger partial charge on any atom is 0.0548 e. The summed E-state index contributed by atoms with van der Waals surface area (Å²) in [5, 5.41) is 5.09. The molecule has 0 N–H and O–H groups in total. The monoisotopic (exact) mass is 724 g/mol. The van der Waals surface area contributed by atoms with Gasteiger partial charge in [0.1, 0.15) is 0 Å². The Balaban J connectivity index is 1.05. The maximum atomic E-state index is 2.50. The van der Waals surface area contributed by atoms with Gasteiger partial charge in [0.15, 0.2) is 0 Å². The van der Waals surface area contributed by atoms with Gasteiger partial charge in [0.25, 0.3) is 0 Å². The normalized spacial score (nSPS) is 12.1. The third-order valence-electron chi connectivity index (χ3n) is 12.2. The molecule has 1 aliphatic carbocycles. The summed E-state index contributed by atoms with van der Waals surface area (Å²) in [4.78, 5) is 0. The third kappa shape index (κ3) is 4.91. The van der Waals surface area contributed by atoms with E-state index in [1.807, 2.05) is 0 Å². The number of hydrogen-bond donors (Lipinski definition) is 0. The van der Waals surface area contributed by atoms with Gasteiger partial charge < -0.3 is 9.13 Å². The van der Waals surface area contributed by atoms with Gasteiger partial charge in [-0.25, -0.2) is 0 Å². The molecule has 9 aromatic carbocycles. The van der Waals surface area contributed by atoms with Crippen molar-refractivity contribution in [1.82, 2.24) is 9.13 Å². The molecule has 1 aliphatic rings. The number of aromatic nitrogens is 2. The average Bonchev–Trinajstić information content (AvgIpc) is 3.94. The van der Waals surface area contributed by atoms with E-state index in [0.717, 1.165) is 12.1 Å². The van der Waals surface area contributed by atoms with Crippen LogP contribution in [0.2, 0.25) is 0 Å². The second kappa shape index (κ2) is 12.6. The quantitative estimate of drug-likeness (QED) is 0.167. The Kier molecular flexibility index (Phi) is 7.02. The molecule has 12 rings (SSSR count). The lowest BCUT2D eigenvalue weighted by Crippen LogP contribution is -1.98. The first kappa shape index (κ1) is 31.9. The molecule has 0 atom stereocenters. The molecule has 0 bridgehead atoms. The van der Waals surface area contributed by atoms with E-state index in [9.17, 15) is 0 Å². The fourth-order valence-corrected chi connectivity index (χ4v) is 9.58. The molecule has 266 valence electrons. The highest BCUT2D eigenvalue weighted by atomic mass is 15.0. The molecule has 0 spiro atoms. The molecular weight excluding hydrogens is 689 g/mol. The lowest BCUT2D eigenvalue weighted by Gasteiger charge is -2.15. The van der Waals surface area contributed by atoms with Gasteiger partial charge in [-0.15, -0.1) is 0 Å². The number of para-hydroxylation sites is 2. The van der Waals surface area contributed by atoms with Gasteiger partial charge in [-0.05, 0) is 111 Å². The standard InChI is InChI=1S/C55H36N2/c1-3-13-36(14-4-1)37-23-25-38(26-24-37)39-27-29-42(30-28-39)56-50-21-11-9-19-45(50)54-52(56)31-32-53-55(54)46-20-10-12-22-51(46)57(53)43-34-47(40-15-5-2-6-16-40)48-33-41-17-7-8-18-44(41)49(48)35-43/h1-32,34-35H,33H2. The predicted octanol–water partition coefficient (Wildman–Crippen LogP) is 14.5. The van der Waals surface area contributed by atoms with Crippen LogP contribution in [0.3, 0.4) is 0 Å². The Morgan fingerprint density at radius 2 is 0.754 bits per heavy atom. The number of fused-ring (bicyclic) bond motifs is 10. The molecule has 2 aromatic heterocycles. The highest BCUT2D eigenvalue weighted by Crippen LogP contribution is 2.46. The summed E-state index contributed by atoms with van der Waals surface area (Å²) in [6, 6.07) is 75.7. The summed E-state index contributed by atoms with van der Waals surface area (Å²) in [5.74, 6) is 0. The van der Waals surface area contributed by atoms with Gasteiger partial charge in [0.05, 0.1) is 22.1 Å². The highest BCUT2D eigenvalue weighted by molar-refractivity contribution is 6.29. The lowest BCUT2D eigenvalue weighted by molar-refractivity contribution is 1.17. The van der Waals surface area contributed by atoms with Crippen molar-refractivity contribution in [3.63, 3.8) is 0 Å². The molecule has 0 radical (unpaired) electrons. The van der Waals surface area contributed by atoms with E-state index < -0.39 is 0 Å². The Morgan fingerprint density at radius 3 is 1.37 bits per heavy atom. The van der Waals surface area contributed by atoms with E-state index in [0.29, 0.717) is 0 Å². The van der Waals surface area contributed by atoms with Crippen molar-refractivity contribution in [2.45, 2.75) is 6.42 Å². The predicted molar refractivity (Wildman–Crippen MR) is 240 cm³/mol. The molecule has 2 heterocycles. The van der Waals surface area contributed by atoms with Crippen LogP contribution in [0.25, 0.3) is 99.5 Å². The van der Waals surface area contributed by atoms with Crippen molar-refractivity contribution in [2.75, 3.05) is 0 Å². The fraction of sp³-hybridized carbons (Fsp3) is 0.0182. The molecule has 0 amide bonds. The summed E-state index contributed by atoms with van der Waals surface area (Å²) in [6.45, 7) is 0. The Bertz CT molecular complexity index is 3330. The van der Waals surface area contributed by atoms with Crippen molar-refractivity contribution in [2.24, 2.45) is 0 Å². The Hall–Kier alpha value is -7.42. The largest absolute Gasteiger partial charge is 0.309 e. The van der Waals surface area contributed by atoms with Crippen LogP contribution < -0.4 is 0 Å². The van der Waals surface area contributed by atoms with Crippen LogP contribution >= 0.6 is 0 Å². The van der Waals surface area contributed by atoms with Crippen LogP contribution in [-0.2, 0) is 6.42 Å². The van der Waals surface area contributed by atoms with Gasteiger partial charge in [0.2, 0.25) is 0 Å². The van der Waals surface area contributed by atoms with Gasteiger partial charge >= 0.3 is 0 Å². The minimum atomic E-state index is 0.949. The van der Waals surface area contributed by atoms with E-state index in [1.54, 1.807) is 0 Å². The zero-order valence-corrected chi connectivity index (χ0v) is 31.2. The second-order valence-corrected chi connectivity index (χ2v) is 15.3. The molecule has 0 saturated carbocycles. The fourth-order valence-electron chi connectivity index (χ4n) is 9.58. The molecular formula is C55H36N2. The van der Waals surface area contributed by atoms with Crippen LogP contribution in [0.5, 0.6) is 0 Å². The summed E-state index contributed by atoms with van der Waals surface area (Å²) >= 11 is 0. The minimum absolute atomic E-state index is 0.949. The van der Waals surface area contributed by atoms with Crippen LogP contribution in [0.1, 0.15) is 11.1 Å². The van der Waals surface area contributed by atoms with Crippen LogP contribution in [0, 0.1) is 0 Å². The molecule has 2 nitrogen and oxygen atoms in total. The summed E-state index contributed by atoms with van der Waals surface area (Å²) in [6.07, 6.45) is 0.949. The van der Waals surface area contributed by atoms with Crippen molar-refractivity contribution < 1.29 is 0 Å². The number of rotatable bonds is 5. The van der Waals surface area contributed by atoms with Crippen LogP contribution in [-0.4, -0.2) is 9.13 Å². The van der Waals surface area contributed by atoms with Crippen LogP contribution in [0.15, 0.2) is 206 Å². The molecule has 2 heteroatoms. The molecule has 0 unspecified atom stereocenters. The minimum Gasteiger partial charge on any atom is -0.309 e. The topological polar surface area (TPSA) is 9.86 Å². The second-order valence-electron chi connectivity index (χ2n) is 15.3. The molecule has 0 saturated heterocycles. The van der Waals surface area contributed by atoms with E-state index in [1.165, 1.54) is 105 Å². The molecule has 11 aromatic rings. The zero-order valence-electron chi connectivity index (χ0n) is 31.2. The maximum absolute atomic E-state index is 2.50. The van der Waals surface area contributed by atoms with Crippen molar-refractivity contribution in [3.05, 3.63) is 217 Å². The third-order valence-corrected chi connectivity index (χ3v) is 12.2. The average molecular weight is 725 g/mol. The van der Waals surface area contributed by atoms with E-state index in [-0.39, 0.29) is 0 Å². The first-order valence-corrected chi connectivity index (χ1v) is 19.8. The van der Waals surface area contributed by atoms with Gasteiger partial charge in [-0.3, -0.25) is 0 Å². The number of nitrogens with zero attached hydrogens (tertiary/aromatic N) is 2. The van der Waals surface area contributed by atoms with Gasteiger partial charge in [-0.1, -0.05) is 158 Å². The van der Waals surface area contributed by atoms with E-state index in [2.05, 4.69) is 215 Å². The van der Waals surface area contributed by atoms with Crippen molar-refractivity contribution >= 4 is 43.6 Å². The summed E-state index contributed by atoms with van der Waals surface area (Å²) in [7, 11) is 0. The first-order chi connectivity index (χ1) is 28.3. The lowest BCUT2D eigenvalue weighted by atomic mass is 9.94. The Labute approximate surface area is 331 Å². The van der Waals surface area contributed by atoms with E-state index in [4.69, 9.17) is 0 Å². The molecule has 0 fully saturated rings. The van der Waals surface area contributed by atoms with Crippen molar-refractivity contribution in [1.29, 1.82) is 0 Å². The SMILES string of the molecule is c1ccc(-c2ccc(-c3ccc(-n4c5ccccc5c5c6c7ccccc7n(-c7cc(-c8ccccc8)c8c(c7)-c7ccccc7C8)c6ccc54)cc3)cc2)cc1. The molecule has 57 heavy (non-hydrogen) atoms. The number of benzene rings is 9. The number of hydrogen-bond acceptors (Lipinski definition) is 0. The zero-order chi connectivity index (χ0) is 37.5. The van der Waals surface area contributed by atoms with Gasteiger partial charge in [-0.2, -0.15) is 0 Å². The van der Waals surface area contributed by atoms with Gasteiger partial charge in [0, 0.05) is 32.9 Å². The summed E-state index contributed by atoms with van der Waals surface area (Å²) in [5.41, 5.74) is 20.1.